The molecule has 3 aromatic rings. The zero-order valence-corrected chi connectivity index (χ0v) is 14.1. The lowest BCUT2D eigenvalue weighted by atomic mass is 10.2. The van der Waals surface area contributed by atoms with Crippen LogP contribution in [0.4, 0.5) is 4.39 Å². The molecule has 0 aliphatic carbocycles. The van der Waals surface area contributed by atoms with Gasteiger partial charge in [-0.05, 0) is 42.8 Å². The molecule has 0 fully saturated rings. The minimum absolute atomic E-state index is 0.0939. The van der Waals surface area contributed by atoms with E-state index in [9.17, 15) is 4.39 Å². The second-order valence-electron chi connectivity index (χ2n) is 4.70. The number of nitrogens with zero attached hydrogens (tertiary/aromatic N) is 2. The third-order valence-corrected chi connectivity index (χ3v) is 4.58. The molecule has 0 amide bonds. The third kappa shape index (κ3) is 3.56. The molecule has 6 heteroatoms. The van der Waals surface area contributed by atoms with E-state index in [-0.39, 0.29) is 11.1 Å². The molecule has 2 aromatic carbocycles. The molecule has 0 saturated carbocycles. The average molecular weight is 379 g/mol. The van der Waals surface area contributed by atoms with E-state index in [1.807, 2.05) is 31.2 Å². The van der Waals surface area contributed by atoms with Crippen LogP contribution in [0.15, 0.2) is 62.6 Å². The summed E-state index contributed by atoms with van der Waals surface area (Å²) in [4.78, 5) is 0. The summed E-state index contributed by atoms with van der Waals surface area (Å²) in [5.74, 6) is 0.241. The molecule has 0 bridgehead atoms. The van der Waals surface area contributed by atoms with Gasteiger partial charge in [-0.2, -0.15) is 0 Å². The molecule has 112 valence electrons. The Bertz CT molecular complexity index is 776. The quantitative estimate of drug-likeness (QED) is 0.562. The Labute approximate surface area is 140 Å². The van der Waals surface area contributed by atoms with Crippen molar-refractivity contribution in [3.8, 4) is 11.5 Å². The number of hydrogen-bond donors (Lipinski definition) is 0. The highest BCUT2D eigenvalue weighted by atomic mass is 79.9. The van der Waals surface area contributed by atoms with Crippen LogP contribution in [0, 0.1) is 5.82 Å². The SMILES string of the molecule is C[C@@H](Sc1nnc(-c2cccc(Br)c2)o1)c1ccc(F)cc1. The van der Waals surface area contributed by atoms with Gasteiger partial charge in [0.25, 0.3) is 5.22 Å². The molecule has 3 nitrogen and oxygen atoms in total. The highest BCUT2D eigenvalue weighted by molar-refractivity contribution is 9.10. The van der Waals surface area contributed by atoms with E-state index >= 15 is 0 Å². The molecular weight excluding hydrogens is 367 g/mol. The van der Waals surface area contributed by atoms with E-state index in [4.69, 9.17) is 4.42 Å². The lowest BCUT2D eigenvalue weighted by molar-refractivity contribution is 0.465. The van der Waals surface area contributed by atoms with Gasteiger partial charge in [0, 0.05) is 15.3 Å². The van der Waals surface area contributed by atoms with Crippen molar-refractivity contribution in [3.63, 3.8) is 0 Å². The van der Waals surface area contributed by atoms with Gasteiger partial charge in [0.1, 0.15) is 5.82 Å². The molecule has 1 aromatic heterocycles. The Morgan fingerprint density at radius 1 is 1.14 bits per heavy atom. The van der Waals surface area contributed by atoms with Gasteiger partial charge < -0.3 is 4.42 Å². The monoisotopic (exact) mass is 378 g/mol. The highest BCUT2D eigenvalue weighted by Gasteiger charge is 2.14. The lowest BCUT2D eigenvalue weighted by Gasteiger charge is -2.08. The fraction of sp³-hybridized carbons (Fsp3) is 0.125. The Hall–Kier alpha value is -1.66. The fourth-order valence-electron chi connectivity index (χ4n) is 1.95. The van der Waals surface area contributed by atoms with Crippen molar-refractivity contribution in [2.24, 2.45) is 0 Å². The van der Waals surface area contributed by atoms with E-state index < -0.39 is 0 Å². The Morgan fingerprint density at radius 3 is 2.64 bits per heavy atom. The van der Waals surface area contributed by atoms with Gasteiger partial charge in [0.05, 0.1) is 0 Å². The van der Waals surface area contributed by atoms with Gasteiger partial charge in [-0.15, -0.1) is 10.2 Å². The molecule has 0 N–H and O–H groups in total. The molecule has 1 heterocycles. The van der Waals surface area contributed by atoms with Crippen LogP contribution in [0.25, 0.3) is 11.5 Å². The summed E-state index contributed by atoms with van der Waals surface area (Å²) in [6.07, 6.45) is 0. The molecule has 0 aliphatic rings. The van der Waals surface area contributed by atoms with Gasteiger partial charge in [-0.25, -0.2) is 4.39 Å². The maximum Gasteiger partial charge on any atom is 0.277 e. The zero-order valence-electron chi connectivity index (χ0n) is 11.7. The van der Waals surface area contributed by atoms with Crippen LogP contribution in [0.1, 0.15) is 17.7 Å². The number of rotatable bonds is 4. The first-order valence-electron chi connectivity index (χ1n) is 6.63. The summed E-state index contributed by atoms with van der Waals surface area (Å²) >= 11 is 4.87. The van der Waals surface area contributed by atoms with E-state index in [0.717, 1.165) is 15.6 Å². The summed E-state index contributed by atoms with van der Waals surface area (Å²) in [5.41, 5.74) is 1.87. The summed E-state index contributed by atoms with van der Waals surface area (Å²) in [6.45, 7) is 2.01. The van der Waals surface area contributed by atoms with Crippen molar-refractivity contribution >= 4 is 27.7 Å². The Balaban J connectivity index is 1.75. The first kappa shape index (κ1) is 15.2. The second kappa shape index (κ2) is 6.62. The molecule has 0 saturated heterocycles. The standard InChI is InChI=1S/C16H12BrFN2OS/c1-10(11-5-7-14(18)8-6-11)22-16-20-19-15(21-16)12-3-2-4-13(17)9-12/h2-10H,1H3/t10-/m1/s1. The smallest absolute Gasteiger partial charge is 0.277 e. The van der Waals surface area contributed by atoms with E-state index in [0.29, 0.717) is 11.1 Å². The van der Waals surface area contributed by atoms with Gasteiger partial charge in [-0.3, -0.25) is 0 Å². The van der Waals surface area contributed by atoms with Crippen molar-refractivity contribution in [2.45, 2.75) is 17.4 Å². The summed E-state index contributed by atoms with van der Waals surface area (Å²) < 4.78 is 19.6. The summed E-state index contributed by atoms with van der Waals surface area (Å²) in [5, 5.41) is 8.72. The van der Waals surface area contributed by atoms with Crippen LogP contribution in [0.3, 0.4) is 0 Å². The first-order chi connectivity index (χ1) is 10.6. The van der Waals surface area contributed by atoms with Gasteiger partial charge in [-0.1, -0.05) is 45.9 Å². The van der Waals surface area contributed by atoms with E-state index in [1.165, 1.54) is 23.9 Å². The third-order valence-electron chi connectivity index (χ3n) is 3.10. The summed E-state index contributed by atoms with van der Waals surface area (Å²) in [7, 11) is 0. The van der Waals surface area contributed by atoms with Gasteiger partial charge in [0.15, 0.2) is 0 Å². The molecule has 1 atom stereocenters. The van der Waals surface area contributed by atoms with Crippen molar-refractivity contribution in [1.82, 2.24) is 10.2 Å². The van der Waals surface area contributed by atoms with Crippen molar-refractivity contribution in [3.05, 3.63) is 64.4 Å². The van der Waals surface area contributed by atoms with Crippen LogP contribution in [0.2, 0.25) is 0 Å². The molecule has 22 heavy (non-hydrogen) atoms. The number of benzene rings is 2. The van der Waals surface area contributed by atoms with Crippen LogP contribution < -0.4 is 0 Å². The van der Waals surface area contributed by atoms with Crippen LogP contribution >= 0.6 is 27.7 Å². The number of aromatic nitrogens is 2. The molecule has 0 unspecified atom stereocenters. The number of hydrogen-bond acceptors (Lipinski definition) is 4. The normalized spacial score (nSPS) is 12.3. The van der Waals surface area contributed by atoms with E-state index in [2.05, 4.69) is 26.1 Å². The van der Waals surface area contributed by atoms with E-state index in [1.54, 1.807) is 12.1 Å². The van der Waals surface area contributed by atoms with Crippen LogP contribution in [0.5, 0.6) is 0 Å². The second-order valence-corrected chi connectivity index (χ2v) is 6.90. The molecule has 3 rings (SSSR count). The van der Waals surface area contributed by atoms with Crippen molar-refractivity contribution < 1.29 is 8.81 Å². The minimum atomic E-state index is -0.240. The van der Waals surface area contributed by atoms with Crippen molar-refractivity contribution in [2.75, 3.05) is 0 Å². The Morgan fingerprint density at radius 2 is 1.91 bits per heavy atom. The average Bonchev–Trinajstić information content (AvgIpc) is 2.96. The van der Waals surface area contributed by atoms with Gasteiger partial charge >= 0.3 is 0 Å². The topological polar surface area (TPSA) is 38.9 Å². The summed E-state index contributed by atoms with van der Waals surface area (Å²) in [6, 6.07) is 14.1. The predicted molar refractivity (Wildman–Crippen MR) is 88.1 cm³/mol. The van der Waals surface area contributed by atoms with Crippen LogP contribution in [-0.4, -0.2) is 10.2 Å². The minimum Gasteiger partial charge on any atom is -0.411 e. The molecule has 0 spiro atoms. The zero-order chi connectivity index (χ0) is 15.5. The predicted octanol–water partition coefficient (Wildman–Crippen LogP) is 5.49. The van der Waals surface area contributed by atoms with Crippen LogP contribution in [-0.2, 0) is 0 Å². The molecule has 0 aliphatic heterocycles. The Kier molecular flexibility index (Phi) is 4.59. The molecular formula is C16H12BrFN2OS. The number of thioether (sulfide) groups is 1. The van der Waals surface area contributed by atoms with Gasteiger partial charge in [0.2, 0.25) is 5.89 Å². The highest BCUT2D eigenvalue weighted by Crippen LogP contribution is 2.35. The molecule has 0 radical (unpaired) electrons. The van der Waals surface area contributed by atoms with Crippen molar-refractivity contribution in [1.29, 1.82) is 0 Å². The fourth-order valence-corrected chi connectivity index (χ4v) is 3.16. The maximum absolute atomic E-state index is 12.9. The number of halogens is 2. The first-order valence-corrected chi connectivity index (χ1v) is 8.30. The largest absolute Gasteiger partial charge is 0.411 e. The maximum atomic E-state index is 12.9. The lowest BCUT2D eigenvalue weighted by Crippen LogP contribution is -1.88.